The highest BCUT2D eigenvalue weighted by Gasteiger charge is 2.55. The fourth-order valence-corrected chi connectivity index (χ4v) is 6.24. The molecule has 1 heterocycles. The molecule has 0 radical (unpaired) electrons. The van der Waals surface area contributed by atoms with Crippen molar-refractivity contribution in [2.75, 3.05) is 6.54 Å². The van der Waals surface area contributed by atoms with Gasteiger partial charge in [0, 0.05) is 23.9 Å². The number of aromatic amines is 1. The molecule has 6 heteroatoms. The number of hydrogen-bond acceptors (Lipinski definition) is 3. The minimum atomic E-state index is -0.451. The first-order chi connectivity index (χ1) is 13.4. The third-order valence-corrected chi connectivity index (χ3v) is 7.24. The molecule has 4 fully saturated rings. The maximum Gasteiger partial charge on any atom is 0.242 e. The van der Waals surface area contributed by atoms with Crippen LogP contribution in [-0.2, 0) is 16.0 Å². The van der Waals surface area contributed by atoms with Crippen LogP contribution >= 0.6 is 0 Å². The molecular weight excluding hydrogens is 352 g/mol. The van der Waals surface area contributed by atoms with Crippen molar-refractivity contribution in [1.29, 1.82) is 0 Å². The molecule has 1 atom stereocenters. The third kappa shape index (κ3) is 3.96. The fraction of sp³-hybridized carbons (Fsp3) is 0.773. The Morgan fingerprint density at radius 1 is 1.18 bits per heavy atom. The molecule has 4 bridgehead atoms. The van der Waals surface area contributed by atoms with Crippen LogP contribution in [0.3, 0.4) is 0 Å². The lowest BCUT2D eigenvalue weighted by Gasteiger charge is -2.55. The predicted molar refractivity (Wildman–Crippen MR) is 107 cm³/mol. The summed E-state index contributed by atoms with van der Waals surface area (Å²) >= 11 is 0. The van der Waals surface area contributed by atoms with Crippen LogP contribution < -0.4 is 10.6 Å². The average molecular weight is 387 g/mol. The minimum Gasteiger partial charge on any atom is -0.354 e. The average Bonchev–Trinajstić information content (AvgIpc) is 3.15. The van der Waals surface area contributed by atoms with Crippen molar-refractivity contribution < 1.29 is 9.59 Å². The first-order valence-corrected chi connectivity index (χ1v) is 11.0. The number of aromatic nitrogens is 2. The van der Waals surface area contributed by atoms with Crippen molar-refractivity contribution >= 4 is 11.8 Å². The van der Waals surface area contributed by atoms with Gasteiger partial charge < -0.3 is 10.6 Å². The summed E-state index contributed by atoms with van der Waals surface area (Å²) in [5, 5.41) is 13.1. The van der Waals surface area contributed by atoms with E-state index in [-0.39, 0.29) is 23.1 Å². The van der Waals surface area contributed by atoms with E-state index in [9.17, 15) is 9.59 Å². The van der Waals surface area contributed by atoms with Gasteiger partial charge in [-0.15, -0.1) is 0 Å². The van der Waals surface area contributed by atoms with Crippen molar-refractivity contribution in [3.8, 4) is 0 Å². The zero-order chi connectivity index (χ0) is 19.7. The minimum absolute atomic E-state index is 0.0577. The first-order valence-electron chi connectivity index (χ1n) is 11.0. The summed E-state index contributed by atoms with van der Waals surface area (Å²) < 4.78 is 0. The molecule has 6 nitrogen and oxygen atoms in total. The van der Waals surface area contributed by atoms with Crippen molar-refractivity contribution in [3.05, 3.63) is 18.0 Å². The Morgan fingerprint density at radius 2 is 1.82 bits per heavy atom. The van der Waals surface area contributed by atoms with Crippen LogP contribution in [0.1, 0.15) is 64.5 Å². The van der Waals surface area contributed by atoms with Gasteiger partial charge in [-0.2, -0.15) is 5.10 Å². The molecule has 0 aromatic carbocycles. The molecule has 2 amide bonds. The Morgan fingerprint density at radius 3 is 2.36 bits per heavy atom. The Labute approximate surface area is 167 Å². The number of H-pyrrole nitrogens is 1. The van der Waals surface area contributed by atoms with E-state index in [2.05, 4.69) is 20.8 Å². The van der Waals surface area contributed by atoms with Crippen LogP contribution in [0.2, 0.25) is 0 Å². The molecule has 0 saturated heterocycles. The topological polar surface area (TPSA) is 86.9 Å². The van der Waals surface area contributed by atoms with Gasteiger partial charge in [0.1, 0.15) is 6.04 Å². The predicted octanol–water partition coefficient (Wildman–Crippen LogP) is 2.82. The summed E-state index contributed by atoms with van der Waals surface area (Å²) in [6.45, 7) is 4.62. The number of carbonyl (C=O) groups is 2. The van der Waals surface area contributed by atoms with Crippen LogP contribution in [0, 0.1) is 29.1 Å². The van der Waals surface area contributed by atoms with Gasteiger partial charge in [0.25, 0.3) is 0 Å². The number of rotatable bonds is 8. The molecule has 5 rings (SSSR count). The van der Waals surface area contributed by atoms with Crippen LogP contribution in [0.5, 0.6) is 0 Å². The van der Waals surface area contributed by atoms with Crippen molar-refractivity contribution in [2.45, 2.75) is 71.3 Å². The Bertz CT molecular complexity index is 662. The molecule has 28 heavy (non-hydrogen) atoms. The highest BCUT2D eigenvalue weighted by Crippen LogP contribution is 2.60. The monoisotopic (exact) mass is 386 g/mol. The third-order valence-electron chi connectivity index (χ3n) is 7.24. The van der Waals surface area contributed by atoms with Gasteiger partial charge in [-0.25, -0.2) is 0 Å². The lowest BCUT2D eigenvalue weighted by Crippen LogP contribution is -2.58. The molecule has 0 unspecified atom stereocenters. The number of amides is 2. The maximum absolute atomic E-state index is 13.3. The van der Waals surface area contributed by atoms with Crippen LogP contribution in [-0.4, -0.2) is 34.6 Å². The zero-order valence-corrected chi connectivity index (χ0v) is 17.2. The highest BCUT2D eigenvalue weighted by molar-refractivity contribution is 5.90. The van der Waals surface area contributed by atoms with E-state index in [0.717, 1.165) is 55.6 Å². The van der Waals surface area contributed by atoms with Crippen molar-refractivity contribution in [2.24, 2.45) is 29.1 Å². The van der Waals surface area contributed by atoms with E-state index in [0.29, 0.717) is 6.54 Å². The van der Waals surface area contributed by atoms with Gasteiger partial charge in [-0.1, -0.05) is 13.8 Å². The highest BCUT2D eigenvalue weighted by atomic mass is 16.2. The summed E-state index contributed by atoms with van der Waals surface area (Å²) in [6, 6.07) is 1.50. The van der Waals surface area contributed by atoms with Crippen LogP contribution in [0.15, 0.2) is 12.3 Å². The van der Waals surface area contributed by atoms with E-state index < -0.39 is 6.04 Å². The number of nitrogens with one attached hydrogen (secondary N) is 3. The summed E-state index contributed by atoms with van der Waals surface area (Å²) in [6.07, 6.45) is 10.5. The van der Waals surface area contributed by atoms with Crippen molar-refractivity contribution in [3.63, 3.8) is 0 Å². The van der Waals surface area contributed by atoms with Gasteiger partial charge in [-0.05, 0) is 81.1 Å². The number of hydrogen-bond donors (Lipinski definition) is 3. The molecule has 1 aromatic heterocycles. The fourth-order valence-electron chi connectivity index (χ4n) is 6.24. The van der Waals surface area contributed by atoms with Gasteiger partial charge in [0.05, 0.1) is 0 Å². The molecular formula is C22H34N4O2. The van der Waals surface area contributed by atoms with Gasteiger partial charge in [0.2, 0.25) is 11.8 Å². The lowest BCUT2D eigenvalue weighted by molar-refractivity contribution is -0.149. The Balaban J connectivity index is 1.31. The Hall–Kier alpha value is -1.85. The van der Waals surface area contributed by atoms with E-state index in [1.54, 1.807) is 6.20 Å². The molecule has 3 N–H and O–H groups in total. The molecule has 4 aliphatic rings. The lowest BCUT2D eigenvalue weighted by atomic mass is 9.49. The summed E-state index contributed by atoms with van der Waals surface area (Å²) in [5.41, 5.74) is 0.868. The molecule has 1 aromatic rings. The summed E-state index contributed by atoms with van der Waals surface area (Å²) in [5.74, 6) is 2.34. The summed E-state index contributed by atoms with van der Waals surface area (Å²) in [7, 11) is 0. The largest absolute Gasteiger partial charge is 0.354 e. The molecule has 0 spiro atoms. The van der Waals surface area contributed by atoms with Crippen molar-refractivity contribution in [1.82, 2.24) is 20.8 Å². The van der Waals surface area contributed by atoms with E-state index >= 15 is 0 Å². The number of carbonyl (C=O) groups excluding carboxylic acids is 2. The quantitative estimate of drug-likeness (QED) is 0.601. The molecule has 154 valence electrons. The second-order valence-electron chi connectivity index (χ2n) is 9.87. The molecule has 0 aliphatic heterocycles. The number of nitrogens with zero attached hydrogens (tertiary/aromatic N) is 1. The van der Waals surface area contributed by atoms with E-state index in [1.165, 1.54) is 19.3 Å². The van der Waals surface area contributed by atoms with Crippen LogP contribution in [0.4, 0.5) is 0 Å². The number of aryl methyl sites for hydroxylation is 1. The standard InChI is InChI=1S/C22H34N4O2/c1-14(2)19(20(27)23-6-3-4-18-5-7-24-26-18)25-21(28)22-11-15-8-16(12-22)10-17(9-15)13-22/h5,7,14-17,19H,3-4,6,8-13H2,1-2H3,(H,23,27)(H,24,26)(H,25,28)/t15?,16?,17?,19-,22?/m0/s1. The van der Waals surface area contributed by atoms with E-state index in [4.69, 9.17) is 0 Å². The SMILES string of the molecule is CC(C)[C@H](NC(=O)C12CC3CC(CC(C3)C1)C2)C(=O)NCCCc1ccn[nH]1. The second-order valence-corrected chi connectivity index (χ2v) is 9.87. The van der Waals surface area contributed by atoms with Gasteiger partial charge in [-0.3, -0.25) is 14.7 Å². The summed E-state index contributed by atoms with van der Waals surface area (Å²) in [4.78, 5) is 26.1. The normalized spacial score (nSPS) is 31.8. The van der Waals surface area contributed by atoms with E-state index in [1.807, 2.05) is 19.9 Å². The van der Waals surface area contributed by atoms with Gasteiger partial charge >= 0.3 is 0 Å². The maximum atomic E-state index is 13.3. The zero-order valence-electron chi connectivity index (χ0n) is 17.2. The second kappa shape index (κ2) is 7.88. The first kappa shape index (κ1) is 19.5. The molecule has 4 saturated carbocycles. The Kier molecular flexibility index (Phi) is 5.48. The van der Waals surface area contributed by atoms with Gasteiger partial charge in [0.15, 0.2) is 0 Å². The smallest absolute Gasteiger partial charge is 0.242 e. The molecule has 4 aliphatic carbocycles. The van der Waals surface area contributed by atoms with Crippen LogP contribution in [0.25, 0.3) is 0 Å².